The Kier molecular flexibility index (Phi) is 6.40. The second-order valence-corrected chi connectivity index (χ2v) is 9.67. The fraction of sp³-hybridized carbons (Fsp3) is 0.214. The average molecular weight is 521 g/mol. The Labute approximate surface area is 218 Å². The first-order valence-corrected chi connectivity index (χ1v) is 12.1. The Morgan fingerprint density at radius 2 is 1.89 bits per heavy atom. The van der Waals surface area contributed by atoms with Crippen molar-refractivity contribution in [2.24, 2.45) is 0 Å². The van der Waals surface area contributed by atoms with Gasteiger partial charge in [0, 0.05) is 39.2 Å². The molecule has 0 radical (unpaired) electrons. The predicted octanol–water partition coefficient (Wildman–Crippen LogP) is 4.58. The lowest BCUT2D eigenvalue weighted by molar-refractivity contribution is -0.131. The molecule has 2 aliphatic rings. The molecule has 2 amide bonds. The van der Waals surface area contributed by atoms with Gasteiger partial charge in [0.25, 0.3) is 0 Å². The molecule has 0 bridgehead atoms. The number of rotatable bonds is 5. The van der Waals surface area contributed by atoms with Gasteiger partial charge in [0.05, 0.1) is 12.6 Å². The number of piperidine rings is 1. The molecule has 1 fully saturated rings. The van der Waals surface area contributed by atoms with Crippen molar-refractivity contribution in [2.75, 3.05) is 18.5 Å². The summed E-state index contributed by atoms with van der Waals surface area (Å²) < 4.78 is 5.84. The van der Waals surface area contributed by atoms with E-state index in [9.17, 15) is 14.7 Å². The van der Waals surface area contributed by atoms with Crippen molar-refractivity contribution in [3.05, 3.63) is 93.0 Å². The van der Waals surface area contributed by atoms with Gasteiger partial charge in [0.15, 0.2) is 0 Å². The van der Waals surface area contributed by atoms with Crippen LogP contribution in [0.1, 0.15) is 40.6 Å². The van der Waals surface area contributed by atoms with Crippen molar-refractivity contribution >= 4 is 40.7 Å². The first kappa shape index (κ1) is 24.2. The van der Waals surface area contributed by atoms with Crippen LogP contribution in [0.2, 0.25) is 10.0 Å². The molecule has 6 nitrogen and oxygen atoms in total. The van der Waals surface area contributed by atoms with Gasteiger partial charge >= 0.3 is 0 Å². The van der Waals surface area contributed by atoms with Gasteiger partial charge in [-0.2, -0.15) is 0 Å². The number of nitrogens with one attached hydrogen (secondary N) is 2. The van der Waals surface area contributed by atoms with Crippen LogP contribution in [0.3, 0.4) is 0 Å². The zero-order valence-corrected chi connectivity index (χ0v) is 20.6. The number of carbonyl (C=O) groups is 2. The summed E-state index contributed by atoms with van der Waals surface area (Å²) in [5.74, 6) is 1.95. The SMILES string of the molecule is C#Cc1ccc(OCCO)c([C@H]2NC(=O)C[C@@H](c3cccc(Cl)c3)[C@]23C(=O)Nc2cc(Cl)ccc23)c1. The largest absolute Gasteiger partial charge is 0.491 e. The van der Waals surface area contributed by atoms with E-state index in [0.717, 1.165) is 5.56 Å². The van der Waals surface area contributed by atoms with E-state index >= 15 is 0 Å². The molecule has 182 valence electrons. The molecule has 2 aliphatic heterocycles. The minimum absolute atomic E-state index is 0.0339. The van der Waals surface area contributed by atoms with Gasteiger partial charge in [-0.05, 0) is 53.6 Å². The third-order valence-corrected chi connectivity index (χ3v) is 7.31. The number of carbonyl (C=O) groups excluding carboxylic acids is 2. The van der Waals surface area contributed by atoms with Crippen LogP contribution >= 0.6 is 23.2 Å². The lowest BCUT2D eigenvalue weighted by Crippen LogP contribution is -2.57. The fourth-order valence-electron chi connectivity index (χ4n) is 5.42. The minimum atomic E-state index is -1.26. The third kappa shape index (κ3) is 3.90. The number of anilines is 1. The number of amides is 2. The highest BCUT2D eigenvalue weighted by Gasteiger charge is 2.61. The van der Waals surface area contributed by atoms with E-state index in [1.807, 2.05) is 12.1 Å². The van der Waals surface area contributed by atoms with Crippen LogP contribution in [0, 0.1) is 12.3 Å². The van der Waals surface area contributed by atoms with Gasteiger partial charge in [-0.15, -0.1) is 6.42 Å². The lowest BCUT2D eigenvalue weighted by Gasteiger charge is -2.46. The maximum absolute atomic E-state index is 14.1. The van der Waals surface area contributed by atoms with Gasteiger partial charge in [-0.25, -0.2) is 0 Å². The first-order chi connectivity index (χ1) is 17.4. The van der Waals surface area contributed by atoms with Crippen molar-refractivity contribution in [1.29, 1.82) is 0 Å². The maximum Gasteiger partial charge on any atom is 0.238 e. The molecule has 1 spiro atoms. The Bertz CT molecular complexity index is 1420. The molecule has 3 N–H and O–H groups in total. The molecule has 36 heavy (non-hydrogen) atoms. The number of hydrogen-bond donors (Lipinski definition) is 3. The van der Waals surface area contributed by atoms with Gasteiger partial charge in [0.2, 0.25) is 11.8 Å². The monoisotopic (exact) mass is 520 g/mol. The molecule has 3 aromatic rings. The van der Waals surface area contributed by atoms with E-state index in [4.69, 9.17) is 34.4 Å². The van der Waals surface area contributed by atoms with Crippen LogP contribution in [0.4, 0.5) is 5.69 Å². The van der Waals surface area contributed by atoms with Crippen molar-refractivity contribution < 1.29 is 19.4 Å². The molecule has 5 rings (SSSR count). The number of benzene rings is 3. The molecule has 0 unspecified atom stereocenters. The van der Waals surface area contributed by atoms with Crippen molar-refractivity contribution in [3.63, 3.8) is 0 Å². The Hall–Kier alpha value is -3.50. The minimum Gasteiger partial charge on any atom is -0.491 e. The van der Waals surface area contributed by atoms with E-state index in [-0.39, 0.29) is 31.4 Å². The molecule has 3 atom stereocenters. The van der Waals surface area contributed by atoms with Gasteiger partial charge in [-0.1, -0.05) is 47.3 Å². The number of fused-ring (bicyclic) bond motifs is 2. The quantitative estimate of drug-likeness (QED) is 0.429. The normalized spacial score (nSPS) is 22.5. The zero-order valence-electron chi connectivity index (χ0n) is 19.1. The molecule has 1 saturated heterocycles. The number of hydrogen-bond acceptors (Lipinski definition) is 4. The Balaban J connectivity index is 1.81. The van der Waals surface area contributed by atoms with E-state index in [2.05, 4.69) is 16.6 Å². The second kappa shape index (κ2) is 9.51. The first-order valence-electron chi connectivity index (χ1n) is 11.4. The van der Waals surface area contributed by atoms with Crippen LogP contribution < -0.4 is 15.4 Å². The molecule has 2 heterocycles. The van der Waals surface area contributed by atoms with Gasteiger partial charge < -0.3 is 20.5 Å². The highest BCUT2D eigenvalue weighted by atomic mass is 35.5. The summed E-state index contributed by atoms with van der Waals surface area (Å²) in [7, 11) is 0. The molecule has 3 aromatic carbocycles. The van der Waals surface area contributed by atoms with Gasteiger partial charge in [0.1, 0.15) is 17.8 Å². The third-order valence-electron chi connectivity index (χ3n) is 6.84. The summed E-state index contributed by atoms with van der Waals surface area (Å²) in [4.78, 5) is 27.3. The molecule has 0 aliphatic carbocycles. The fourth-order valence-corrected chi connectivity index (χ4v) is 5.79. The Morgan fingerprint density at radius 1 is 1.08 bits per heavy atom. The molecular formula is C28H22Cl2N2O4. The van der Waals surface area contributed by atoms with Crippen LogP contribution in [0.5, 0.6) is 5.75 Å². The second-order valence-electron chi connectivity index (χ2n) is 8.79. The molecule has 0 saturated carbocycles. The average Bonchev–Trinajstić information content (AvgIpc) is 3.14. The van der Waals surface area contributed by atoms with Crippen molar-refractivity contribution in [1.82, 2.24) is 5.32 Å². The Morgan fingerprint density at radius 3 is 2.64 bits per heavy atom. The highest BCUT2D eigenvalue weighted by Crippen LogP contribution is 2.58. The van der Waals surface area contributed by atoms with E-state index in [1.54, 1.807) is 48.5 Å². The predicted molar refractivity (Wildman–Crippen MR) is 138 cm³/mol. The molecule has 0 aromatic heterocycles. The van der Waals surface area contributed by atoms with Crippen LogP contribution in [0.25, 0.3) is 0 Å². The van der Waals surface area contributed by atoms with E-state index in [1.165, 1.54) is 0 Å². The van der Waals surface area contributed by atoms with Gasteiger partial charge in [-0.3, -0.25) is 9.59 Å². The summed E-state index contributed by atoms with van der Waals surface area (Å²) in [5, 5.41) is 16.4. The summed E-state index contributed by atoms with van der Waals surface area (Å²) in [5.41, 5.74) is 1.87. The topological polar surface area (TPSA) is 87.7 Å². The van der Waals surface area contributed by atoms with Crippen LogP contribution in [-0.2, 0) is 15.0 Å². The van der Waals surface area contributed by atoms with Crippen LogP contribution in [-0.4, -0.2) is 30.1 Å². The standard InChI is InChI=1S/C28H22Cl2N2O4/c1-2-16-6-9-24(36-11-10-33)20(12-16)26-28(21-8-7-19(30)14-23(21)31-27(28)35)22(15-25(34)32-26)17-4-3-5-18(29)13-17/h1,3-9,12-14,22,26,33H,10-11,15H2,(H,31,35)(H,32,34)/t22-,26+,28-/m0/s1. The number of aliphatic hydroxyl groups excluding tert-OH is 1. The van der Waals surface area contributed by atoms with E-state index in [0.29, 0.717) is 38.2 Å². The van der Waals surface area contributed by atoms with Crippen molar-refractivity contribution in [2.45, 2.75) is 23.8 Å². The molecular weight excluding hydrogens is 499 g/mol. The maximum atomic E-state index is 14.1. The summed E-state index contributed by atoms with van der Waals surface area (Å²) >= 11 is 12.6. The van der Waals surface area contributed by atoms with E-state index < -0.39 is 17.4 Å². The lowest BCUT2D eigenvalue weighted by atomic mass is 9.59. The summed E-state index contributed by atoms with van der Waals surface area (Å²) in [6, 6.07) is 16.8. The summed E-state index contributed by atoms with van der Waals surface area (Å²) in [6.45, 7) is -0.169. The van der Waals surface area contributed by atoms with Crippen molar-refractivity contribution in [3.8, 4) is 18.1 Å². The number of aliphatic hydroxyl groups is 1. The number of terminal acetylenes is 1. The highest BCUT2D eigenvalue weighted by molar-refractivity contribution is 6.31. The number of halogens is 2. The zero-order chi connectivity index (χ0) is 25.4. The smallest absolute Gasteiger partial charge is 0.238 e. The summed E-state index contributed by atoms with van der Waals surface area (Å²) in [6.07, 6.45) is 5.76. The van der Waals surface area contributed by atoms with Crippen LogP contribution in [0.15, 0.2) is 60.7 Å². The number of ether oxygens (including phenoxy) is 1. The molecule has 8 heteroatoms.